The molecule has 0 rings (SSSR count). The third-order valence-corrected chi connectivity index (χ3v) is 1.63. The van der Waals surface area contributed by atoms with Crippen LogP contribution >= 0.6 is 0 Å². The first-order valence-corrected chi connectivity index (χ1v) is 4.84. The van der Waals surface area contributed by atoms with Crippen molar-refractivity contribution in [3.63, 3.8) is 0 Å². The van der Waals surface area contributed by atoms with Crippen LogP contribution in [-0.2, 0) is 4.74 Å². The molecule has 0 saturated carbocycles. The van der Waals surface area contributed by atoms with Crippen LogP contribution in [0.3, 0.4) is 0 Å². The Labute approximate surface area is 84.4 Å². The summed E-state index contributed by atoms with van der Waals surface area (Å²) in [6.45, 7) is 2.47. The number of halogens is 2. The summed E-state index contributed by atoms with van der Waals surface area (Å²) in [5.74, 6) is 0. The number of alkyl halides is 2. The summed E-state index contributed by atoms with van der Waals surface area (Å²) in [7, 11) is 4.04. The Morgan fingerprint density at radius 3 is 2.57 bits per heavy atom. The third kappa shape index (κ3) is 11.7. The van der Waals surface area contributed by atoms with Gasteiger partial charge in [0.25, 0.3) is 6.43 Å². The standard InChI is InChI=1S/C9H20F2N2O/c1-13(2)6-3-4-12-5-7-14-8-9(10)11/h9,12H,3-8H2,1-2H3. The van der Waals surface area contributed by atoms with Gasteiger partial charge in [-0.05, 0) is 33.6 Å². The molecule has 0 heterocycles. The van der Waals surface area contributed by atoms with E-state index in [0.717, 1.165) is 19.5 Å². The molecule has 0 saturated heterocycles. The fourth-order valence-electron chi connectivity index (χ4n) is 0.962. The Bertz CT molecular complexity index is 109. The number of nitrogens with one attached hydrogen (secondary N) is 1. The summed E-state index contributed by atoms with van der Waals surface area (Å²) < 4.78 is 27.9. The van der Waals surface area contributed by atoms with Crippen LogP contribution in [0.4, 0.5) is 8.78 Å². The molecule has 0 radical (unpaired) electrons. The first-order valence-electron chi connectivity index (χ1n) is 4.84. The second-order valence-corrected chi connectivity index (χ2v) is 3.37. The predicted molar refractivity (Wildman–Crippen MR) is 52.9 cm³/mol. The minimum atomic E-state index is -2.36. The largest absolute Gasteiger partial charge is 0.374 e. The van der Waals surface area contributed by atoms with Crippen molar-refractivity contribution in [3.05, 3.63) is 0 Å². The maximum absolute atomic E-state index is 11.6. The second-order valence-electron chi connectivity index (χ2n) is 3.37. The molecule has 3 nitrogen and oxygen atoms in total. The van der Waals surface area contributed by atoms with Crippen LogP contribution in [0.25, 0.3) is 0 Å². The minimum Gasteiger partial charge on any atom is -0.374 e. The zero-order valence-electron chi connectivity index (χ0n) is 8.93. The van der Waals surface area contributed by atoms with Crippen molar-refractivity contribution >= 4 is 0 Å². The Balaban J connectivity index is 2.92. The molecule has 0 aromatic carbocycles. The number of nitrogens with zero attached hydrogens (tertiary/aromatic N) is 1. The third-order valence-electron chi connectivity index (χ3n) is 1.63. The quantitative estimate of drug-likeness (QED) is 0.570. The number of hydrogen-bond donors (Lipinski definition) is 1. The summed E-state index contributed by atoms with van der Waals surface area (Å²) in [4.78, 5) is 2.11. The molecule has 0 atom stereocenters. The summed E-state index contributed by atoms with van der Waals surface area (Å²) in [5, 5.41) is 3.12. The maximum atomic E-state index is 11.6. The molecule has 0 aliphatic carbocycles. The molecule has 5 heteroatoms. The van der Waals surface area contributed by atoms with Gasteiger partial charge < -0.3 is 15.0 Å². The summed E-state index contributed by atoms with van der Waals surface area (Å²) in [5.41, 5.74) is 0. The van der Waals surface area contributed by atoms with Crippen LogP contribution in [0.5, 0.6) is 0 Å². The highest BCUT2D eigenvalue weighted by molar-refractivity contribution is 4.50. The molecule has 0 spiro atoms. The van der Waals surface area contributed by atoms with E-state index in [-0.39, 0.29) is 0 Å². The molecule has 0 bridgehead atoms. The molecule has 0 aliphatic heterocycles. The van der Waals surface area contributed by atoms with Gasteiger partial charge in [0.2, 0.25) is 0 Å². The van der Waals surface area contributed by atoms with Gasteiger partial charge in [-0.25, -0.2) is 8.78 Å². The van der Waals surface area contributed by atoms with Gasteiger partial charge >= 0.3 is 0 Å². The smallest absolute Gasteiger partial charge is 0.261 e. The Morgan fingerprint density at radius 1 is 1.29 bits per heavy atom. The van der Waals surface area contributed by atoms with Gasteiger partial charge in [0, 0.05) is 6.54 Å². The van der Waals surface area contributed by atoms with E-state index in [1.54, 1.807) is 0 Å². The van der Waals surface area contributed by atoms with Crippen LogP contribution in [0.15, 0.2) is 0 Å². The molecule has 0 aromatic rings. The zero-order valence-corrected chi connectivity index (χ0v) is 8.93. The van der Waals surface area contributed by atoms with Crippen LogP contribution in [0.1, 0.15) is 6.42 Å². The molecular formula is C9H20F2N2O. The lowest BCUT2D eigenvalue weighted by Gasteiger charge is -2.09. The first kappa shape index (κ1) is 13.7. The number of hydrogen-bond acceptors (Lipinski definition) is 3. The molecule has 0 unspecified atom stereocenters. The van der Waals surface area contributed by atoms with Crippen molar-refractivity contribution in [2.45, 2.75) is 12.8 Å². The second kappa shape index (κ2) is 9.30. The molecule has 0 fully saturated rings. The normalized spacial score (nSPS) is 11.6. The Hall–Kier alpha value is -0.260. The van der Waals surface area contributed by atoms with E-state index in [0.29, 0.717) is 13.2 Å². The van der Waals surface area contributed by atoms with Gasteiger partial charge in [0.1, 0.15) is 6.61 Å². The summed E-state index contributed by atoms with van der Waals surface area (Å²) in [6, 6.07) is 0. The predicted octanol–water partition coefficient (Wildman–Crippen LogP) is 0.809. The van der Waals surface area contributed by atoms with E-state index in [9.17, 15) is 8.78 Å². The van der Waals surface area contributed by atoms with E-state index in [1.165, 1.54) is 0 Å². The Kier molecular flexibility index (Phi) is 9.13. The lowest BCUT2D eigenvalue weighted by Crippen LogP contribution is -2.25. The average Bonchev–Trinajstić information content (AvgIpc) is 2.08. The van der Waals surface area contributed by atoms with Crippen LogP contribution < -0.4 is 5.32 Å². The molecule has 1 N–H and O–H groups in total. The fraction of sp³-hybridized carbons (Fsp3) is 1.00. The van der Waals surface area contributed by atoms with Gasteiger partial charge in [-0.1, -0.05) is 0 Å². The number of ether oxygens (including phenoxy) is 1. The highest BCUT2D eigenvalue weighted by Gasteiger charge is 2.00. The van der Waals surface area contributed by atoms with Crippen molar-refractivity contribution in [2.24, 2.45) is 0 Å². The fourth-order valence-corrected chi connectivity index (χ4v) is 0.962. The Morgan fingerprint density at radius 2 is 2.00 bits per heavy atom. The molecule has 14 heavy (non-hydrogen) atoms. The van der Waals surface area contributed by atoms with Crippen molar-refractivity contribution in [2.75, 3.05) is 46.9 Å². The molecule has 0 amide bonds. The number of rotatable bonds is 9. The van der Waals surface area contributed by atoms with Crippen LogP contribution in [0.2, 0.25) is 0 Å². The highest BCUT2D eigenvalue weighted by atomic mass is 19.3. The molecular weight excluding hydrogens is 190 g/mol. The van der Waals surface area contributed by atoms with E-state index >= 15 is 0 Å². The minimum absolute atomic E-state index is 0.353. The average molecular weight is 210 g/mol. The topological polar surface area (TPSA) is 24.5 Å². The lowest BCUT2D eigenvalue weighted by molar-refractivity contribution is 0.0188. The van der Waals surface area contributed by atoms with Crippen molar-refractivity contribution in [1.82, 2.24) is 10.2 Å². The van der Waals surface area contributed by atoms with Crippen LogP contribution in [-0.4, -0.2) is 58.3 Å². The van der Waals surface area contributed by atoms with E-state index < -0.39 is 13.0 Å². The van der Waals surface area contributed by atoms with Gasteiger partial charge in [-0.3, -0.25) is 0 Å². The van der Waals surface area contributed by atoms with Gasteiger partial charge in [0.15, 0.2) is 0 Å². The summed E-state index contributed by atoms with van der Waals surface area (Å²) in [6.07, 6.45) is -1.30. The monoisotopic (exact) mass is 210 g/mol. The zero-order chi connectivity index (χ0) is 10.8. The SMILES string of the molecule is CN(C)CCCNCCOCC(F)F. The van der Waals surface area contributed by atoms with Gasteiger partial charge in [0.05, 0.1) is 6.61 Å². The maximum Gasteiger partial charge on any atom is 0.261 e. The van der Waals surface area contributed by atoms with Crippen molar-refractivity contribution < 1.29 is 13.5 Å². The molecule has 0 aromatic heterocycles. The highest BCUT2D eigenvalue weighted by Crippen LogP contribution is 1.91. The van der Waals surface area contributed by atoms with E-state index in [2.05, 4.69) is 10.2 Å². The van der Waals surface area contributed by atoms with Gasteiger partial charge in [-0.2, -0.15) is 0 Å². The van der Waals surface area contributed by atoms with E-state index in [1.807, 2.05) is 14.1 Å². The molecule has 86 valence electrons. The van der Waals surface area contributed by atoms with E-state index in [4.69, 9.17) is 4.74 Å². The van der Waals surface area contributed by atoms with Crippen molar-refractivity contribution in [3.8, 4) is 0 Å². The molecule has 0 aliphatic rings. The lowest BCUT2D eigenvalue weighted by atomic mass is 10.4. The summed E-state index contributed by atoms with van der Waals surface area (Å²) >= 11 is 0. The van der Waals surface area contributed by atoms with Crippen LogP contribution in [0, 0.1) is 0 Å². The van der Waals surface area contributed by atoms with Crippen molar-refractivity contribution in [1.29, 1.82) is 0 Å². The first-order chi connectivity index (χ1) is 6.63. The van der Waals surface area contributed by atoms with Gasteiger partial charge in [-0.15, -0.1) is 0 Å².